The Kier molecular flexibility index (Phi) is 5.13. The van der Waals surface area contributed by atoms with E-state index in [1.165, 1.54) is 5.52 Å². The highest BCUT2D eigenvalue weighted by Gasteiger charge is 2.15. The lowest BCUT2D eigenvalue weighted by molar-refractivity contribution is -0.118. The van der Waals surface area contributed by atoms with Crippen molar-refractivity contribution in [1.82, 2.24) is 4.57 Å². The molecule has 0 radical (unpaired) electrons. The summed E-state index contributed by atoms with van der Waals surface area (Å²) < 4.78 is 2.25. The number of hydrogen-bond donors (Lipinski definition) is 0. The summed E-state index contributed by atoms with van der Waals surface area (Å²) in [5, 5.41) is 2.22. The van der Waals surface area contributed by atoms with E-state index in [0.717, 1.165) is 35.7 Å². The molecule has 0 spiro atoms. The van der Waals surface area contributed by atoms with Crippen molar-refractivity contribution in [2.24, 2.45) is 0 Å². The first kappa shape index (κ1) is 17.2. The standard InChI is InChI=1S/C22H23NO2/c1-3-5-6-9-17(24)15-22(25)16-12-13-21-19(14-16)18-10-7-8-11-20(18)23(21)4-2/h3,7-8,10-14H,1,4-6,9,15H2,2H3. The van der Waals surface area contributed by atoms with Crippen LogP contribution in [0.4, 0.5) is 0 Å². The van der Waals surface area contributed by atoms with Gasteiger partial charge in [0.1, 0.15) is 5.78 Å². The van der Waals surface area contributed by atoms with Crippen molar-refractivity contribution < 1.29 is 9.59 Å². The lowest BCUT2D eigenvalue weighted by atomic mass is 10.0. The van der Waals surface area contributed by atoms with Gasteiger partial charge in [-0.05, 0) is 44.0 Å². The predicted octanol–water partition coefficient (Wildman–Crippen LogP) is 5.31. The van der Waals surface area contributed by atoms with Crippen LogP contribution in [0, 0.1) is 0 Å². The van der Waals surface area contributed by atoms with Gasteiger partial charge in [-0.3, -0.25) is 9.59 Å². The van der Waals surface area contributed by atoms with Gasteiger partial charge in [0, 0.05) is 40.3 Å². The van der Waals surface area contributed by atoms with E-state index in [1.807, 2.05) is 30.3 Å². The largest absolute Gasteiger partial charge is 0.341 e. The maximum Gasteiger partial charge on any atom is 0.170 e. The molecule has 3 heteroatoms. The molecule has 0 saturated heterocycles. The summed E-state index contributed by atoms with van der Waals surface area (Å²) in [6.45, 7) is 6.64. The van der Waals surface area contributed by atoms with Gasteiger partial charge >= 0.3 is 0 Å². The zero-order valence-corrected chi connectivity index (χ0v) is 14.6. The van der Waals surface area contributed by atoms with Crippen molar-refractivity contribution in [1.29, 1.82) is 0 Å². The number of aromatic nitrogens is 1. The van der Waals surface area contributed by atoms with Gasteiger partial charge in [-0.15, -0.1) is 6.58 Å². The monoisotopic (exact) mass is 333 g/mol. The topological polar surface area (TPSA) is 39.1 Å². The maximum absolute atomic E-state index is 12.5. The Labute approximate surface area is 147 Å². The minimum atomic E-state index is -0.0983. The van der Waals surface area contributed by atoms with Gasteiger partial charge in [0.2, 0.25) is 0 Å². The first-order valence-electron chi connectivity index (χ1n) is 8.82. The van der Waals surface area contributed by atoms with Crippen molar-refractivity contribution >= 4 is 33.4 Å². The van der Waals surface area contributed by atoms with Gasteiger partial charge in [0.15, 0.2) is 5.78 Å². The van der Waals surface area contributed by atoms with Crippen molar-refractivity contribution in [2.45, 2.75) is 39.2 Å². The van der Waals surface area contributed by atoms with Crippen LogP contribution in [0.3, 0.4) is 0 Å². The fraction of sp³-hybridized carbons (Fsp3) is 0.273. The van der Waals surface area contributed by atoms with Crippen molar-refractivity contribution in [3.05, 3.63) is 60.7 Å². The zero-order valence-electron chi connectivity index (χ0n) is 14.6. The summed E-state index contributed by atoms with van der Waals surface area (Å²) in [6, 6.07) is 14.0. The highest BCUT2D eigenvalue weighted by molar-refractivity contribution is 6.13. The van der Waals surface area contributed by atoms with Crippen molar-refractivity contribution in [3.8, 4) is 0 Å². The van der Waals surface area contributed by atoms with E-state index in [-0.39, 0.29) is 18.0 Å². The summed E-state index contributed by atoms with van der Waals surface area (Å²) in [4.78, 5) is 24.5. The molecule has 128 valence electrons. The molecule has 0 unspecified atom stereocenters. The number of para-hydroxylation sites is 1. The second-order valence-corrected chi connectivity index (χ2v) is 6.31. The van der Waals surface area contributed by atoms with Crippen LogP contribution in [0.5, 0.6) is 0 Å². The van der Waals surface area contributed by atoms with E-state index in [0.29, 0.717) is 12.0 Å². The Morgan fingerprint density at radius 1 is 1.08 bits per heavy atom. The third-order valence-corrected chi connectivity index (χ3v) is 4.63. The second-order valence-electron chi connectivity index (χ2n) is 6.31. The quantitative estimate of drug-likeness (QED) is 0.242. The molecule has 0 fully saturated rings. The lowest BCUT2D eigenvalue weighted by Gasteiger charge is -2.04. The first-order chi connectivity index (χ1) is 12.2. The number of allylic oxidation sites excluding steroid dienone is 1. The van der Waals surface area contributed by atoms with Gasteiger partial charge in [0.25, 0.3) is 0 Å². The number of Topliss-reactive ketones (excluding diaryl/α,β-unsaturated/α-hetero) is 2. The van der Waals surface area contributed by atoms with Crippen molar-refractivity contribution in [3.63, 3.8) is 0 Å². The molecule has 0 amide bonds. The van der Waals surface area contributed by atoms with Crippen LogP contribution in [-0.2, 0) is 11.3 Å². The van der Waals surface area contributed by atoms with Gasteiger partial charge in [-0.25, -0.2) is 0 Å². The van der Waals surface area contributed by atoms with Crippen molar-refractivity contribution in [2.75, 3.05) is 0 Å². The molecule has 0 atom stereocenters. The highest BCUT2D eigenvalue weighted by atomic mass is 16.1. The van der Waals surface area contributed by atoms with E-state index in [2.05, 4.69) is 30.2 Å². The van der Waals surface area contributed by atoms with Crippen LogP contribution in [-0.4, -0.2) is 16.1 Å². The molecule has 1 heterocycles. The summed E-state index contributed by atoms with van der Waals surface area (Å²) >= 11 is 0. The lowest BCUT2D eigenvalue weighted by Crippen LogP contribution is -2.08. The van der Waals surface area contributed by atoms with E-state index in [1.54, 1.807) is 6.08 Å². The number of unbranched alkanes of at least 4 members (excludes halogenated alkanes) is 1. The zero-order chi connectivity index (χ0) is 17.8. The SMILES string of the molecule is C=CCCCC(=O)CC(=O)c1ccc2c(c1)c1ccccc1n2CC. The number of aryl methyl sites for hydroxylation is 1. The molecule has 3 nitrogen and oxygen atoms in total. The molecular weight excluding hydrogens is 310 g/mol. The fourth-order valence-electron chi connectivity index (χ4n) is 3.38. The Balaban J connectivity index is 1.90. The molecule has 0 aliphatic carbocycles. The molecular formula is C22H23NO2. The Hall–Kier alpha value is -2.68. The average Bonchev–Trinajstić information content (AvgIpc) is 2.95. The van der Waals surface area contributed by atoms with Crippen LogP contribution >= 0.6 is 0 Å². The molecule has 25 heavy (non-hydrogen) atoms. The summed E-state index contributed by atoms with van der Waals surface area (Å²) in [5.41, 5.74) is 2.91. The van der Waals surface area contributed by atoms with Crippen LogP contribution in [0.2, 0.25) is 0 Å². The molecule has 0 N–H and O–H groups in total. The van der Waals surface area contributed by atoms with Gasteiger partial charge < -0.3 is 4.57 Å². The number of carbonyl (C=O) groups is 2. The number of carbonyl (C=O) groups excluding carboxylic acids is 2. The second kappa shape index (κ2) is 7.47. The Morgan fingerprint density at radius 2 is 1.84 bits per heavy atom. The first-order valence-corrected chi connectivity index (χ1v) is 8.82. The molecule has 0 aliphatic rings. The number of hydrogen-bond acceptors (Lipinski definition) is 2. The van der Waals surface area contributed by atoms with E-state index in [4.69, 9.17) is 0 Å². The van der Waals surface area contributed by atoms with E-state index < -0.39 is 0 Å². The van der Waals surface area contributed by atoms with Crippen LogP contribution < -0.4 is 0 Å². The maximum atomic E-state index is 12.5. The van der Waals surface area contributed by atoms with Crippen LogP contribution in [0.25, 0.3) is 21.8 Å². The number of rotatable bonds is 8. The highest BCUT2D eigenvalue weighted by Crippen LogP contribution is 2.30. The van der Waals surface area contributed by atoms with Gasteiger partial charge in [-0.1, -0.05) is 24.3 Å². The molecule has 3 rings (SSSR count). The smallest absolute Gasteiger partial charge is 0.170 e. The third kappa shape index (κ3) is 3.41. The molecule has 0 saturated carbocycles. The number of ketones is 2. The van der Waals surface area contributed by atoms with E-state index in [9.17, 15) is 9.59 Å². The van der Waals surface area contributed by atoms with Crippen LogP contribution in [0.1, 0.15) is 43.0 Å². The normalized spacial score (nSPS) is 11.1. The number of fused-ring (bicyclic) bond motifs is 3. The summed E-state index contributed by atoms with van der Waals surface area (Å²) in [7, 11) is 0. The van der Waals surface area contributed by atoms with E-state index >= 15 is 0 Å². The minimum Gasteiger partial charge on any atom is -0.341 e. The van der Waals surface area contributed by atoms with Crippen LogP contribution in [0.15, 0.2) is 55.1 Å². The number of nitrogens with zero attached hydrogens (tertiary/aromatic N) is 1. The van der Waals surface area contributed by atoms with Gasteiger partial charge in [-0.2, -0.15) is 0 Å². The van der Waals surface area contributed by atoms with Gasteiger partial charge in [0.05, 0.1) is 6.42 Å². The predicted molar refractivity (Wildman–Crippen MR) is 103 cm³/mol. The summed E-state index contributed by atoms with van der Waals surface area (Å²) in [5.74, 6) is -0.0956. The third-order valence-electron chi connectivity index (χ3n) is 4.63. The Bertz CT molecular complexity index is 949. The Morgan fingerprint density at radius 3 is 2.60 bits per heavy atom. The average molecular weight is 333 g/mol. The fourth-order valence-corrected chi connectivity index (χ4v) is 3.38. The molecule has 1 aromatic heterocycles. The number of benzene rings is 2. The molecule has 3 aromatic rings. The molecule has 2 aromatic carbocycles. The summed E-state index contributed by atoms with van der Waals surface area (Å²) in [6.07, 6.45) is 3.79. The molecule has 0 aliphatic heterocycles. The minimum absolute atomic E-state index is 0.00272. The molecule has 0 bridgehead atoms.